The van der Waals surface area contributed by atoms with Gasteiger partial charge in [-0.05, 0) is 31.2 Å². The number of hydrogen-bond acceptors (Lipinski definition) is 4. The molecule has 3 aromatic rings. The maximum atomic E-state index is 14.0. The molecule has 1 aliphatic rings. The lowest BCUT2D eigenvalue weighted by atomic mass is 10.1. The van der Waals surface area contributed by atoms with Crippen LogP contribution in [0.25, 0.3) is 22.8 Å². The molecule has 1 fully saturated rings. The minimum Gasteiger partial charge on any atom is -0.436 e. The van der Waals surface area contributed by atoms with Crippen LogP contribution in [0.2, 0.25) is 0 Å². The fraction of sp³-hybridized carbons (Fsp3) is 0.238. The normalized spacial score (nSPS) is 17.1. The van der Waals surface area contributed by atoms with Gasteiger partial charge in [-0.2, -0.15) is 0 Å². The molecule has 0 N–H and O–H groups in total. The zero-order valence-electron chi connectivity index (χ0n) is 14.9. The second-order valence-corrected chi connectivity index (χ2v) is 6.49. The predicted octanol–water partition coefficient (Wildman–Crippen LogP) is 4.01. The van der Waals surface area contributed by atoms with E-state index in [1.807, 2.05) is 13.0 Å². The molecule has 2 aromatic carbocycles. The number of halogens is 1. The minimum atomic E-state index is -0.383. The summed E-state index contributed by atoms with van der Waals surface area (Å²) in [6.45, 7) is 3.55. The zero-order valence-corrected chi connectivity index (χ0v) is 14.9. The molecule has 1 saturated heterocycles. The maximum Gasteiger partial charge on any atom is 0.254 e. The van der Waals surface area contributed by atoms with Crippen LogP contribution in [-0.4, -0.2) is 41.6 Å². The molecule has 4 rings (SSSR count). The smallest absolute Gasteiger partial charge is 0.254 e. The first-order valence-corrected chi connectivity index (χ1v) is 8.84. The first-order chi connectivity index (χ1) is 13.1. The van der Waals surface area contributed by atoms with Crippen LogP contribution in [0.5, 0.6) is 0 Å². The third kappa shape index (κ3) is 3.48. The molecule has 1 aromatic heterocycles. The van der Waals surface area contributed by atoms with Gasteiger partial charge in [-0.25, -0.2) is 9.37 Å². The summed E-state index contributed by atoms with van der Waals surface area (Å²) >= 11 is 0. The molecule has 5 nitrogen and oxygen atoms in total. The van der Waals surface area contributed by atoms with Crippen molar-refractivity contribution in [3.8, 4) is 22.8 Å². The number of benzene rings is 2. The molecule has 27 heavy (non-hydrogen) atoms. The molecule has 0 spiro atoms. The van der Waals surface area contributed by atoms with Crippen LogP contribution in [0, 0.1) is 5.82 Å². The predicted molar refractivity (Wildman–Crippen MR) is 98.7 cm³/mol. The van der Waals surface area contributed by atoms with Gasteiger partial charge >= 0.3 is 0 Å². The molecule has 138 valence electrons. The SMILES string of the molecule is CC1CN(C(=O)c2ccccc2-c2ncc(-c3ccccc3F)o2)CCO1. The summed E-state index contributed by atoms with van der Waals surface area (Å²) in [4.78, 5) is 19.1. The average Bonchev–Trinajstić information content (AvgIpc) is 3.17. The highest BCUT2D eigenvalue weighted by molar-refractivity contribution is 6.00. The van der Waals surface area contributed by atoms with Crippen molar-refractivity contribution < 1.29 is 18.3 Å². The lowest BCUT2D eigenvalue weighted by Crippen LogP contribution is -2.44. The van der Waals surface area contributed by atoms with Gasteiger partial charge in [0.05, 0.1) is 30.0 Å². The van der Waals surface area contributed by atoms with Gasteiger partial charge in [0.1, 0.15) is 5.82 Å². The van der Waals surface area contributed by atoms with E-state index < -0.39 is 0 Å². The molecular weight excluding hydrogens is 347 g/mol. The Kier molecular flexibility index (Phi) is 4.73. The van der Waals surface area contributed by atoms with Crippen LogP contribution in [-0.2, 0) is 4.74 Å². The number of rotatable bonds is 3. The van der Waals surface area contributed by atoms with Gasteiger partial charge in [-0.3, -0.25) is 4.79 Å². The molecule has 0 aliphatic carbocycles. The fourth-order valence-electron chi connectivity index (χ4n) is 3.21. The molecular formula is C21H19FN2O3. The van der Waals surface area contributed by atoms with Crippen molar-refractivity contribution in [1.29, 1.82) is 0 Å². The number of nitrogens with zero attached hydrogens (tertiary/aromatic N) is 2. The number of morpholine rings is 1. The number of oxazole rings is 1. The Morgan fingerprint density at radius 1 is 1.15 bits per heavy atom. The molecule has 0 radical (unpaired) electrons. The maximum absolute atomic E-state index is 14.0. The van der Waals surface area contributed by atoms with E-state index in [1.54, 1.807) is 41.3 Å². The second kappa shape index (κ2) is 7.32. The summed E-state index contributed by atoms with van der Waals surface area (Å²) in [5, 5.41) is 0. The Bertz CT molecular complexity index is 969. The molecule has 6 heteroatoms. The van der Waals surface area contributed by atoms with E-state index >= 15 is 0 Å². The Labute approximate surface area is 156 Å². The van der Waals surface area contributed by atoms with E-state index in [1.165, 1.54) is 12.3 Å². The largest absolute Gasteiger partial charge is 0.436 e. The third-order valence-corrected chi connectivity index (χ3v) is 4.56. The van der Waals surface area contributed by atoms with Gasteiger partial charge in [0.15, 0.2) is 5.76 Å². The topological polar surface area (TPSA) is 55.6 Å². The number of hydrogen-bond donors (Lipinski definition) is 0. The quantitative estimate of drug-likeness (QED) is 0.703. The zero-order chi connectivity index (χ0) is 18.8. The van der Waals surface area contributed by atoms with E-state index in [9.17, 15) is 9.18 Å². The van der Waals surface area contributed by atoms with Crippen molar-refractivity contribution in [3.05, 3.63) is 66.1 Å². The van der Waals surface area contributed by atoms with Gasteiger partial charge in [-0.1, -0.05) is 24.3 Å². The summed E-state index contributed by atoms with van der Waals surface area (Å²) in [6.07, 6.45) is 1.48. The van der Waals surface area contributed by atoms with E-state index in [-0.39, 0.29) is 17.8 Å². The van der Waals surface area contributed by atoms with Crippen molar-refractivity contribution >= 4 is 5.91 Å². The van der Waals surface area contributed by atoms with E-state index in [0.717, 1.165) is 0 Å². The van der Waals surface area contributed by atoms with Crippen LogP contribution in [0.1, 0.15) is 17.3 Å². The van der Waals surface area contributed by atoms with Crippen molar-refractivity contribution in [2.75, 3.05) is 19.7 Å². The Hall–Kier alpha value is -2.99. The number of carbonyl (C=O) groups is 1. The number of carbonyl (C=O) groups excluding carboxylic acids is 1. The van der Waals surface area contributed by atoms with Crippen LogP contribution in [0.15, 0.2) is 59.1 Å². The van der Waals surface area contributed by atoms with E-state index in [0.29, 0.717) is 48.0 Å². The average molecular weight is 366 g/mol. The molecule has 0 saturated carbocycles. The summed E-state index contributed by atoms with van der Waals surface area (Å²) in [5.41, 5.74) is 1.43. The van der Waals surface area contributed by atoms with Gasteiger partial charge in [0.25, 0.3) is 5.91 Å². The van der Waals surface area contributed by atoms with Gasteiger partial charge in [-0.15, -0.1) is 0 Å². The van der Waals surface area contributed by atoms with Crippen LogP contribution < -0.4 is 0 Å². The van der Waals surface area contributed by atoms with Crippen LogP contribution in [0.3, 0.4) is 0 Å². The standard InChI is InChI=1S/C21H19FN2O3/c1-14-13-24(10-11-26-14)21(25)16-7-3-2-6-15(16)20-23-12-19(27-20)17-8-4-5-9-18(17)22/h2-9,12,14H,10-11,13H2,1H3. The van der Waals surface area contributed by atoms with E-state index in [4.69, 9.17) is 9.15 Å². The summed E-state index contributed by atoms with van der Waals surface area (Å²) < 4.78 is 25.3. The number of amides is 1. The molecule has 1 atom stereocenters. The lowest BCUT2D eigenvalue weighted by molar-refractivity contribution is -0.0123. The third-order valence-electron chi connectivity index (χ3n) is 4.56. The highest BCUT2D eigenvalue weighted by Crippen LogP contribution is 2.30. The van der Waals surface area contributed by atoms with Crippen molar-refractivity contribution in [2.45, 2.75) is 13.0 Å². The first-order valence-electron chi connectivity index (χ1n) is 8.84. The molecule has 0 bridgehead atoms. The van der Waals surface area contributed by atoms with Crippen molar-refractivity contribution in [2.24, 2.45) is 0 Å². The second-order valence-electron chi connectivity index (χ2n) is 6.49. The highest BCUT2D eigenvalue weighted by Gasteiger charge is 2.25. The van der Waals surface area contributed by atoms with Gasteiger partial charge in [0.2, 0.25) is 5.89 Å². The number of ether oxygens (including phenoxy) is 1. The minimum absolute atomic E-state index is 0.00394. The van der Waals surface area contributed by atoms with Gasteiger partial charge < -0.3 is 14.1 Å². The molecule has 1 unspecified atom stereocenters. The van der Waals surface area contributed by atoms with Crippen LogP contribution >= 0.6 is 0 Å². The van der Waals surface area contributed by atoms with Gasteiger partial charge in [0, 0.05) is 18.7 Å². The Morgan fingerprint density at radius 3 is 2.67 bits per heavy atom. The molecule has 2 heterocycles. The monoisotopic (exact) mass is 366 g/mol. The summed E-state index contributed by atoms with van der Waals surface area (Å²) in [5.74, 6) is 0.141. The first kappa shape index (κ1) is 17.4. The van der Waals surface area contributed by atoms with Crippen molar-refractivity contribution in [3.63, 3.8) is 0 Å². The highest BCUT2D eigenvalue weighted by atomic mass is 19.1. The molecule has 1 aliphatic heterocycles. The number of aromatic nitrogens is 1. The van der Waals surface area contributed by atoms with E-state index in [2.05, 4.69) is 4.98 Å². The Morgan fingerprint density at radius 2 is 1.89 bits per heavy atom. The Balaban J connectivity index is 1.68. The van der Waals surface area contributed by atoms with Crippen molar-refractivity contribution in [1.82, 2.24) is 9.88 Å². The summed E-state index contributed by atoms with van der Waals surface area (Å²) in [6, 6.07) is 13.5. The lowest BCUT2D eigenvalue weighted by Gasteiger charge is -2.31. The van der Waals surface area contributed by atoms with Crippen LogP contribution in [0.4, 0.5) is 4.39 Å². The summed E-state index contributed by atoms with van der Waals surface area (Å²) in [7, 11) is 0. The fourth-order valence-corrected chi connectivity index (χ4v) is 3.21. The molecule has 1 amide bonds.